The number of nitrogens with one attached hydrogen (secondary N) is 3. The van der Waals surface area contributed by atoms with E-state index in [1.54, 1.807) is 49.4 Å². The molecule has 4 rings (SSSR count). The van der Waals surface area contributed by atoms with Crippen LogP contribution in [-0.4, -0.2) is 48.3 Å². The van der Waals surface area contributed by atoms with Crippen molar-refractivity contribution in [2.45, 2.75) is 44.8 Å². The van der Waals surface area contributed by atoms with Crippen molar-refractivity contribution in [2.24, 2.45) is 21.5 Å². The number of fused-ring (bicyclic) bond motifs is 1. The van der Waals surface area contributed by atoms with Gasteiger partial charge in [0.25, 0.3) is 0 Å². The molecule has 0 saturated heterocycles. The minimum atomic E-state index is -0.719. The first-order valence-corrected chi connectivity index (χ1v) is 13.5. The minimum Gasteiger partial charge on any atom is -0.465 e. The molecule has 0 spiro atoms. The molecular weight excluding hydrogens is 518 g/mol. The molecule has 0 radical (unpaired) electrons. The lowest BCUT2D eigenvalue weighted by molar-refractivity contribution is -0.145. The number of nitrogens with two attached hydrogens (primary N) is 2. The second kappa shape index (κ2) is 12.6. The summed E-state index contributed by atoms with van der Waals surface area (Å²) >= 11 is 0. The molecule has 2 atom stereocenters. The zero-order valence-corrected chi connectivity index (χ0v) is 23.2. The number of carbonyl (C=O) groups is 2. The molecule has 0 aliphatic carbocycles. The van der Waals surface area contributed by atoms with Gasteiger partial charge in [-0.25, -0.2) is 0 Å². The summed E-state index contributed by atoms with van der Waals surface area (Å²) < 4.78 is 5.22. The number of rotatable bonds is 13. The Hall–Kier alpha value is -4.70. The molecule has 0 saturated carbocycles. The molecule has 10 heteroatoms. The molecule has 7 N–H and O–H groups in total. The van der Waals surface area contributed by atoms with Crippen molar-refractivity contribution in [2.75, 3.05) is 13.2 Å². The first-order valence-electron chi connectivity index (χ1n) is 13.5. The van der Waals surface area contributed by atoms with Gasteiger partial charge in [0.1, 0.15) is 23.4 Å². The molecule has 0 aromatic heterocycles. The summed E-state index contributed by atoms with van der Waals surface area (Å²) in [5.74, 6) is -0.609. The van der Waals surface area contributed by atoms with E-state index in [1.807, 2.05) is 31.2 Å². The van der Waals surface area contributed by atoms with Crippen LogP contribution in [-0.2, 0) is 22.4 Å². The summed E-state index contributed by atoms with van der Waals surface area (Å²) in [4.78, 5) is 35.3. The summed E-state index contributed by atoms with van der Waals surface area (Å²) in [7, 11) is 0. The Morgan fingerprint density at radius 1 is 0.878 bits per heavy atom. The number of hydrogen-bond acceptors (Lipinski definition) is 8. The Labute approximate surface area is 238 Å². The predicted molar refractivity (Wildman–Crippen MR) is 157 cm³/mol. The van der Waals surface area contributed by atoms with Gasteiger partial charge < -0.3 is 16.2 Å². The number of hydrogen-bond donors (Lipinski definition) is 5. The number of ether oxygens (including phenoxy) is 1. The van der Waals surface area contributed by atoms with Crippen LogP contribution in [0.1, 0.15) is 52.9 Å². The van der Waals surface area contributed by atoms with Gasteiger partial charge in [-0.05, 0) is 62.4 Å². The molecular formula is C31H35N7O3. The van der Waals surface area contributed by atoms with Crippen molar-refractivity contribution >= 4 is 23.4 Å². The third kappa shape index (κ3) is 7.49. The van der Waals surface area contributed by atoms with Gasteiger partial charge >= 0.3 is 5.97 Å². The second-order valence-corrected chi connectivity index (χ2v) is 10.2. The predicted octanol–water partition coefficient (Wildman–Crippen LogP) is 1.80. The van der Waals surface area contributed by atoms with Crippen LogP contribution in [0.5, 0.6) is 0 Å². The highest BCUT2D eigenvalue weighted by atomic mass is 16.5. The van der Waals surface area contributed by atoms with Crippen LogP contribution in [0.2, 0.25) is 0 Å². The van der Waals surface area contributed by atoms with Crippen molar-refractivity contribution in [1.29, 1.82) is 10.8 Å². The van der Waals surface area contributed by atoms with E-state index in [0.717, 1.165) is 22.9 Å². The lowest BCUT2D eigenvalue weighted by Crippen LogP contribution is -2.42. The van der Waals surface area contributed by atoms with Crippen molar-refractivity contribution in [3.63, 3.8) is 0 Å². The standard InChI is InChI=1S/C31H35N7O3/c1-3-41-30(40)26(16-20-6-10-22(11-7-20)29(34)35)36-18-27(39)23-12-13-24-25(17-23)38-31(2,37-24)15-14-19-4-8-21(9-5-19)28(32)33/h4-13,17,26,36H,3,14-16,18H2,1-2H3,(H3,32,33)(H3,34,35). The van der Waals surface area contributed by atoms with E-state index in [1.165, 1.54) is 0 Å². The van der Waals surface area contributed by atoms with Gasteiger partial charge in [0, 0.05) is 16.7 Å². The quantitative estimate of drug-likeness (QED) is 0.0931. The second-order valence-electron chi connectivity index (χ2n) is 10.2. The number of benzene rings is 3. The number of carbonyl (C=O) groups excluding carboxylic acids is 2. The first kappa shape index (κ1) is 29.3. The lowest BCUT2D eigenvalue weighted by Gasteiger charge is -2.17. The largest absolute Gasteiger partial charge is 0.465 e. The average molecular weight is 554 g/mol. The van der Waals surface area contributed by atoms with Crippen LogP contribution in [0.3, 0.4) is 0 Å². The summed E-state index contributed by atoms with van der Waals surface area (Å²) in [6, 6.07) is 19.2. The number of Topliss-reactive ketones (excluding diaryl/α,β-unsaturated/α-hetero) is 1. The lowest BCUT2D eigenvalue weighted by atomic mass is 10.0. The normalized spacial score (nSPS) is 16.1. The van der Waals surface area contributed by atoms with Crippen LogP contribution in [0.15, 0.2) is 76.7 Å². The molecule has 2 unspecified atom stereocenters. The summed E-state index contributed by atoms with van der Waals surface area (Å²) in [5.41, 5.74) is 14.1. The van der Waals surface area contributed by atoms with Gasteiger partial charge in [-0.1, -0.05) is 48.5 Å². The minimum absolute atomic E-state index is 0.0307. The van der Waals surface area contributed by atoms with E-state index in [-0.39, 0.29) is 30.6 Å². The summed E-state index contributed by atoms with van der Waals surface area (Å²) in [6.45, 7) is 3.87. The van der Waals surface area contributed by atoms with E-state index < -0.39 is 17.7 Å². The van der Waals surface area contributed by atoms with Crippen LogP contribution in [0.4, 0.5) is 0 Å². The first-order chi connectivity index (χ1) is 19.6. The molecule has 1 heterocycles. The fourth-order valence-corrected chi connectivity index (χ4v) is 4.62. The van der Waals surface area contributed by atoms with Crippen molar-refractivity contribution in [3.8, 4) is 0 Å². The van der Waals surface area contributed by atoms with Gasteiger partial charge in [-0.2, -0.15) is 0 Å². The van der Waals surface area contributed by atoms with Crippen molar-refractivity contribution in [1.82, 2.24) is 5.32 Å². The maximum absolute atomic E-state index is 13.1. The topological polar surface area (TPSA) is 180 Å². The number of nitrogen functional groups attached to an aromatic ring is 2. The molecule has 0 bridgehead atoms. The third-order valence-electron chi connectivity index (χ3n) is 6.96. The number of amidine groups is 2. The van der Waals surface area contributed by atoms with Crippen LogP contribution in [0.25, 0.3) is 0 Å². The Balaban J connectivity index is 1.41. The summed E-state index contributed by atoms with van der Waals surface area (Å²) in [5, 5.41) is 19.5. The number of nitrogens with zero attached hydrogens (tertiary/aromatic N) is 2. The Bertz CT molecular complexity index is 1580. The van der Waals surface area contributed by atoms with E-state index in [4.69, 9.17) is 37.0 Å². The molecule has 10 nitrogen and oxygen atoms in total. The smallest absolute Gasteiger partial charge is 0.323 e. The van der Waals surface area contributed by atoms with E-state index in [9.17, 15) is 9.59 Å². The fourth-order valence-electron chi connectivity index (χ4n) is 4.62. The van der Waals surface area contributed by atoms with Gasteiger partial charge in [0.2, 0.25) is 0 Å². The SMILES string of the molecule is CCOC(=O)C(Cc1ccc(C(=N)N)cc1)NCC(=O)c1ccc2c(c1)=NC(C)(CCc1ccc(C(=N)N)cc1)N=2. The Morgan fingerprint density at radius 2 is 1.44 bits per heavy atom. The van der Waals surface area contributed by atoms with Crippen molar-refractivity contribution < 1.29 is 14.3 Å². The molecule has 0 fully saturated rings. The zero-order valence-electron chi connectivity index (χ0n) is 23.2. The average Bonchev–Trinajstić information content (AvgIpc) is 3.30. The van der Waals surface area contributed by atoms with Crippen molar-refractivity contribution in [3.05, 3.63) is 105 Å². The molecule has 1 aliphatic heterocycles. The molecule has 3 aromatic rings. The third-order valence-corrected chi connectivity index (χ3v) is 6.96. The van der Waals surface area contributed by atoms with Crippen LogP contribution < -0.4 is 27.5 Å². The van der Waals surface area contributed by atoms with E-state index in [0.29, 0.717) is 34.9 Å². The van der Waals surface area contributed by atoms with E-state index in [2.05, 4.69) is 5.32 Å². The van der Waals surface area contributed by atoms with Crippen LogP contribution >= 0.6 is 0 Å². The van der Waals surface area contributed by atoms with Gasteiger partial charge in [0.15, 0.2) is 5.78 Å². The molecule has 0 amide bonds. The number of ketones is 1. The Morgan fingerprint density at radius 3 is 2.02 bits per heavy atom. The maximum Gasteiger partial charge on any atom is 0.323 e. The highest BCUT2D eigenvalue weighted by molar-refractivity contribution is 5.98. The maximum atomic E-state index is 13.1. The molecule has 1 aliphatic rings. The van der Waals surface area contributed by atoms with Gasteiger partial charge in [0.05, 0.1) is 23.9 Å². The molecule has 3 aromatic carbocycles. The van der Waals surface area contributed by atoms with Gasteiger partial charge in [-0.15, -0.1) is 0 Å². The number of esters is 1. The highest BCUT2D eigenvalue weighted by Gasteiger charge is 2.26. The summed E-state index contributed by atoms with van der Waals surface area (Å²) in [6.07, 6.45) is 1.75. The monoisotopic (exact) mass is 553 g/mol. The highest BCUT2D eigenvalue weighted by Crippen LogP contribution is 2.21. The Kier molecular flexibility index (Phi) is 9.04. The van der Waals surface area contributed by atoms with E-state index >= 15 is 0 Å². The molecule has 41 heavy (non-hydrogen) atoms. The number of aryl methyl sites for hydroxylation is 1. The fraction of sp³-hybridized carbons (Fsp3) is 0.290. The van der Waals surface area contributed by atoms with Crippen LogP contribution in [0, 0.1) is 10.8 Å². The zero-order chi connectivity index (χ0) is 29.6. The molecule has 212 valence electrons. The van der Waals surface area contributed by atoms with Gasteiger partial charge in [-0.3, -0.25) is 35.7 Å².